The molecule has 0 radical (unpaired) electrons. The molecule has 1 aromatic heterocycles. The molecule has 1 aliphatic heterocycles. The lowest BCUT2D eigenvalue weighted by Crippen LogP contribution is -2.21. The lowest BCUT2D eigenvalue weighted by Gasteiger charge is -2.14. The maximum absolute atomic E-state index is 11.1. The lowest BCUT2D eigenvalue weighted by molar-refractivity contribution is 0.0697. The number of carbonyl (C=O) groups is 1. The van der Waals surface area contributed by atoms with E-state index < -0.39 is 5.97 Å². The summed E-state index contributed by atoms with van der Waals surface area (Å²) in [5.41, 5.74) is 1.13. The quantitative estimate of drug-likeness (QED) is 0.843. The molecule has 4 nitrogen and oxygen atoms in total. The number of rotatable bonds is 3. The highest BCUT2D eigenvalue weighted by Crippen LogP contribution is 2.22. The molecular weight excluding hydrogens is 224 g/mol. The van der Waals surface area contributed by atoms with Gasteiger partial charge in [0.2, 0.25) is 0 Å². The predicted octanol–water partition coefficient (Wildman–Crippen LogP) is 2.01. The average Bonchev–Trinajstić information content (AvgIpc) is 2.73. The summed E-state index contributed by atoms with van der Waals surface area (Å²) in [5, 5.41) is 12.3. The number of aromatic nitrogens is 1. The van der Waals surface area contributed by atoms with E-state index >= 15 is 0 Å². The van der Waals surface area contributed by atoms with E-state index in [4.69, 9.17) is 5.11 Å². The molecule has 0 saturated carbocycles. The molecule has 2 heterocycles. The number of nitrogens with one attached hydrogen (secondary N) is 1. The number of thioether (sulfide) groups is 1. The first-order valence-electron chi connectivity index (χ1n) is 5.21. The summed E-state index contributed by atoms with van der Waals surface area (Å²) in [6.07, 6.45) is 2.76. The molecule has 1 saturated heterocycles. The second kappa shape index (κ2) is 4.74. The lowest BCUT2D eigenvalue weighted by atomic mass is 10.2. The maximum atomic E-state index is 11.1. The largest absolute Gasteiger partial charge is 0.478 e. The highest BCUT2D eigenvalue weighted by atomic mass is 32.2. The molecule has 1 aromatic rings. The number of aryl methyl sites for hydroxylation is 1. The summed E-state index contributed by atoms with van der Waals surface area (Å²) in [5.74, 6) is 1.72. The monoisotopic (exact) mass is 238 g/mol. The molecule has 0 amide bonds. The van der Waals surface area contributed by atoms with Gasteiger partial charge in [-0.05, 0) is 30.7 Å². The number of carboxylic acids is 1. The van der Waals surface area contributed by atoms with Crippen LogP contribution in [0.15, 0.2) is 12.3 Å². The van der Waals surface area contributed by atoms with E-state index in [1.54, 1.807) is 12.3 Å². The molecule has 1 atom stereocenters. The van der Waals surface area contributed by atoms with Crippen LogP contribution >= 0.6 is 11.8 Å². The minimum absolute atomic E-state index is 0.261. The van der Waals surface area contributed by atoms with Gasteiger partial charge in [-0.2, -0.15) is 11.8 Å². The van der Waals surface area contributed by atoms with E-state index in [2.05, 4.69) is 10.3 Å². The van der Waals surface area contributed by atoms with Gasteiger partial charge in [-0.1, -0.05) is 0 Å². The Morgan fingerprint density at radius 1 is 1.69 bits per heavy atom. The summed E-state index contributed by atoms with van der Waals surface area (Å²) in [6.45, 7) is 1.84. The van der Waals surface area contributed by atoms with Crippen LogP contribution in [0.4, 0.5) is 5.82 Å². The van der Waals surface area contributed by atoms with E-state index in [1.165, 1.54) is 0 Å². The predicted molar refractivity (Wildman–Crippen MR) is 65.3 cm³/mol. The molecule has 1 unspecified atom stereocenters. The average molecular weight is 238 g/mol. The van der Waals surface area contributed by atoms with E-state index in [-0.39, 0.29) is 5.56 Å². The third kappa shape index (κ3) is 2.47. The van der Waals surface area contributed by atoms with Crippen LogP contribution in [0, 0.1) is 6.92 Å². The van der Waals surface area contributed by atoms with Crippen molar-refractivity contribution in [3.8, 4) is 0 Å². The summed E-state index contributed by atoms with van der Waals surface area (Å²) in [4.78, 5) is 15.2. The summed E-state index contributed by atoms with van der Waals surface area (Å²) >= 11 is 1.88. The zero-order valence-electron chi connectivity index (χ0n) is 9.06. The van der Waals surface area contributed by atoms with Gasteiger partial charge in [0.15, 0.2) is 0 Å². The molecule has 0 bridgehead atoms. The maximum Gasteiger partial charge on any atom is 0.339 e. The van der Waals surface area contributed by atoms with E-state index in [0.717, 1.165) is 23.5 Å². The zero-order chi connectivity index (χ0) is 11.5. The van der Waals surface area contributed by atoms with Gasteiger partial charge in [-0.3, -0.25) is 0 Å². The summed E-state index contributed by atoms with van der Waals surface area (Å²) in [6, 6.07) is 2.00. The van der Waals surface area contributed by atoms with Gasteiger partial charge in [0, 0.05) is 18.0 Å². The Kier molecular flexibility index (Phi) is 3.33. The van der Waals surface area contributed by atoms with Gasteiger partial charge in [-0.25, -0.2) is 9.78 Å². The van der Waals surface area contributed by atoms with Crippen molar-refractivity contribution in [1.29, 1.82) is 0 Å². The Labute approximate surface area is 98.5 Å². The molecule has 1 fully saturated rings. The summed E-state index contributed by atoms with van der Waals surface area (Å²) in [7, 11) is 0. The number of aromatic carboxylic acids is 1. The Bertz CT molecular complexity index is 403. The minimum Gasteiger partial charge on any atom is -0.478 e. The Morgan fingerprint density at radius 3 is 3.12 bits per heavy atom. The van der Waals surface area contributed by atoms with Crippen molar-refractivity contribution in [1.82, 2.24) is 4.98 Å². The number of nitrogens with zero attached hydrogens (tertiary/aromatic N) is 1. The standard InChI is InChI=1S/C11H14N2O2S/c1-7-4-9(11(14)15)10(12-5-7)13-8-2-3-16-6-8/h4-5,8H,2-3,6H2,1H3,(H,12,13)(H,14,15). The van der Waals surface area contributed by atoms with Crippen molar-refractivity contribution < 1.29 is 9.90 Å². The first-order chi connectivity index (χ1) is 7.66. The first-order valence-corrected chi connectivity index (χ1v) is 6.36. The van der Waals surface area contributed by atoms with Gasteiger partial charge >= 0.3 is 5.97 Å². The van der Waals surface area contributed by atoms with Crippen molar-refractivity contribution in [2.45, 2.75) is 19.4 Å². The van der Waals surface area contributed by atoms with Crippen LogP contribution in [0.25, 0.3) is 0 Å². The molecule has 5 heteroatoms. The van der Waals surface area contributed by atoms with Gasteiger partial charge in [0.1, 0.15) is 11.4 Å². The van der Waals surface area contributed by atoms with E-state index in [1.807, 2.05) is 18.7 Å². The second-order valence-corrected chi connectivity index (χ2v) is 5.07. The number of anilines is 1. The van der Waals surface area contributed by atoms with Crippen LogP contribution in [0.5, 0.6) is 0 Å². The van der Waals surface area contributed by atoms with Crippen molar-refractivity contribution in [3.05, 3.63) is 23.4 Å². The Morgan fingerprint density at radius 2 is 2.50 bits per heavy atom. The number of hydrogen-bond donors (Lipinski definition) is 2. The topological polar surface area (TPSA) is 62.2 Å². The Hall–Kier alpha value is -1.23. The van der Waals surface area contributed by atoms with Crippen LogP contribution in [0.1, 0.15) is 22.3 Å². The molecule has 2 rings (SSSR count). The van der Waals surface area contributed by atoms with Crippen molar-refractivity contribution in [3.63, 3.8) is 0 Å². The van der Waals surface area contributed by atoms with Crippen LogP contribution in [-0.4, -0.2) is 33.6 Å². The third-order valence-electron chi connectivity index (χ3n) is 2.53. The van der Waals surface area contributed by atoms with Crippen molar-refractivity contribution in [2.24, 2.45) is 0 Å². The normalized spacial score (nSPS) is 19.7. The van der Waals surface area contributed by atoms with Crippen LogP contribution in [0.2, 0.25) is 0 Å². The van der Waals surface area contributed by atoms with Gasteiger partial charge < -0.3 is 10.4 Å². The van der Waals surface area contributed by atoms with Gasteiger partial charge in [-0.15, -0.1) is 0 Å². The molecule has 86 valence electrons. The first kappa shape index (κ1) is 11.3. The third-order valence-corrected chi connectivity index (χ3v) is 3.69. The fraction of sp³-hybridized carbons (Fsp3) is 0.455. The smallest absolute Gasteiger partial charge is 0.339 e. The summed E-state index contributed by atoms with van der Waals surface area (Å²) < 4.78 is 0. The molecule has 16 heavy (non-hydrogen) atoms. The van der Waals surface area contributed by atoms with Crippen molar-refractivity contribution >= 4 is 23.5 Å². The van der Waals surface area contributed by atoms with Gasteiger partial charge in [0.05, 0.1) is 0 Å². The molecular formula is C11H14N2O2S. The Balaban J connectivity index is 2.21. The number of hydrogen-bond acceptors (Lipinski definition) is 4. The van der Waals surface area contributed by atoms with Crippen molar-refractivity contribution in [2.75, 3.05) is 16.8 Å². The minimum atomic E-state index is -0.927. The van der Waals surface area contributed by atoms with Crippen LogP contribution < -0.4 is 5.32 Å². The molecule has 1 aliphatic rings. The molecule has 2 N–H and O–H groups in total. The van der Waals surface area contributed by atoms with E-state index in [9.17, 15) is 4.79 Å². The zero-order valence-corrected chi connectivity index (χ0v) is 9.88. The molecule has 0 aromatic carbocycles. The van der Waals surface area contributed by atoms with E-state index in [0.29, 0.717) is 11.9 Å². The van der Waals surface area contributed by atoms with Crippen LogP contribution in [0.3, 0.4) is 0 Å². The second-order valence-electron chi connectivity index (χ2n) is 3.92. The molecule has 0 aliphatic carbocycles. The SMILES string of the molecule is Cc1cnc(NC2CCSC2)c(C(=O)O)c1. The highest BCUT2D eigenvalue weighted by molar-refractivity contribution is 7.99. The number of pyridine rings is 1. The fourth-order valence-corrected chi connectivity index (χ4v) is 2.84. The van der Waals surface area contributed by atoms with Gasteiger partial charge in [0.25, 0.3) is 0 Å². The molecule has 0 spiro atoms. The fourth-order valence-electron chi connectivity index (χ4n) is 1.69. The highest BCUT2D eigenvalue weighted by Gasteiger charge is 2.19. The van der Waals surface area contributed by atoms with Crippen LogP contribution in [-0.2, 0) is 0 Å². The number of carboxylic acid groups (broad SMARTS) is 1.